The van der Waals surface area contributed by atoms with Crippen LogP contribution in [0.5, 0.6) is 0 Å². The topological polar surface area (TPSA) is 91.8 Å². The van der Waals surface area contributed by atoms with Gasteiger partial charge in [-0.15, -0.1) is 0 Å². The molecule has 1 rings (SSSR count). The molecule has 17 heavy (non-hydrogen) atoms. The fraction of sp³-hybridized carbons (Fsp3) is 0.364. The van der Waals surface area contributed by atoms with Gasteiger partial charge in [0.25, 0.3) is 5.56 Å². The average Bonchev–Trinajstić information content (AvgIpc) is 2.15. The van der Waals surface area contributed by atoms with E-state index < -0.39 is 17.1 Å². The Morgan fingerprint density at radius 3 is 2.59 bits per heavy atom. The smallest absolute Gasteiger partial charge is 0.344 e. The summed E-state index contributed by atoms with van der Waals surface area (Å²) in [6.07, 6.45) is 1.06. The monoisotopic (exact) mass is 238 g/mol. The summed E-state index contributed by atoms with van der Waals surface area (Å²) in [5.41, 5.74) is -1.04. The highest BCUT2D eigenvalue weighted by Gasteiger charge is 2.20. The van der Waals surface area contributed by atoms with Gasteiger partial charge in [-0.3, -0.25) is 4.79 Å². The molecule has 1 heterocycles. The van der Waals surface area contributed by atoms with Gasteiger partial charge in [0.15, 0.2) is 0 Å². The Balaban J connectivity index is 3.01. The second-order valence-electron chi connectivity index (χ2n) is 4.40. The first-order valence-corrected chi connectivity index (χ1v) is 4.97. The Labute approximate surface area is 97.9 Å². The lowest BCUT2D eigenvalue weighted by Gasteiger charge is -2.19. The van der Waals surface area contributed by atoms with Crippen molar-refractivity contribution in [3.05, 3.63) is 33.7 Å². The van der Waals surface area contributed by atoms with Crippen molar-refractivity contribution in [3.8, 4) is 0 Å². The van der Waals surface area contributed by atoms with Gasteiger partial charge in [-0.2, -0.15) is 0 Å². The summed E-state index contributed by atoms with van der Waals surface area (Å²) >= 11 is 0. The van der Waals surface area contributed by atoms with E-state index in [9.17, 15) is 9.59 Å². The van der Waals surface area contributed by atoms with Crippen molar-refractivity contribution in [1.82, 2.24) is 4.98 Å². The summed E-state index contributed by atoms with van der Waals surface area (Å²) < 4.78 is 5.06. The Kier molecular flexibility index (Phi) is 3.67. The molecule has 0 bridgehead atoms. The van der Waals surface area contributed by atoms with Crippen LogP contribution >= 0.6 is 0 Å². The number of hydrogen-bond donors (Lipinski definition) is 2. The minimum atomic E-state index is -0.689. The molecule has 0 atom stereocenters. The third kappa shape index (κ3) is 3.75. The Morgan fingerprint density at radius 2 is 2.12 bits per heavy atom. The van der Waals surface area contributed by atoms with E-state index in [1.54, 1.807) is 20.8 Å². The summed E-state index contributed by atoms with van der Waals surface area (Å²) in [6.45, 7) is 5.14. The summed E-state index contributed by atoms with van der Waals surface area (Å²) in [5, 5.41) is 11.1. The lowest BCUT2D eigenvalue weighted by Crippen LogP contribution is -2.28. The molecule has 0 spiro atoms. The van der Waals surface area contributed by atoms with E-state index in [-0.39, 0.29) is 5.56 Å². The van der Waals surface area contributed by atoms with E-state index >= 15 is 0 Å². The normalized spacial score (nSPS) is 11.7. The van der Waals surface area contributed by atoms with Crippen molar-refractivity contribution in [1.29, 1.82) is 0 Å². The number of carbonyl (C=O) groups excluding carboxylic acids is 1. The van der Waals surface area contributed by atoms with Crippen LogP contribution in [-0.4, -0.2) is 28.0 Å². The molecule has 1 aromatic heterocycles. The number of hydrogen-bond acceptors (Lipinski definition) is 5. The maximum Gasteiger partial charge on any atom is 0.344 e. The van der Waals surface area contributed by atoms with Crippen molar-refractivity contribution in [3.63, 3.8) is 0 Å². The van der Waals surface area contributed by atoms with Crippen molar-refractivity contribution >= 4 is 12.2 Å². The number of nitrogens with one attached hydrogen (secondary N) is 1. The predicted octanol–water partition coefficient (Wildman–Crippen LogP) is 1.14. The Morgan fingerprint density at radius 1 is 1.47 bits per heavy atom. The van der Waals surface area contributed by atoms with Crippen LogP contribution < -0.4 is 5.56 Å². The molecule has 0 saturated carbocycles. The standard InChI is InChI=1S/C11H14N2O4/c1-11(2,3)17-10(15)8-5-4-7(6-12-16)13-9(8)14/h4-6,16H,1-3H3,(H,13,14)/b12-6-. The number of pyridine rings is 1. The van der Waals surface area contributed by atoms with Crippen LogP contribution in [0.2, 0.25) is 0 Å². The number of carbonyl (C=O) groups is 1. The molecule has 0 saturated heterocycles. The lowest BCUT2D eigenvalue weighted by molar-refractivity contribution is 0.00675. The van der Waals surface area contributed by atoms with Gasteiger partial charge in [0.2, 0.25) is 0 Å². The fourth-order valence-electron chi connectivity index (χ4n) is 1.12. The molecule has 0 amide bonds. The van der Waals surface area contributed by atoms with E-state index in [1.165, 1.54) is 12.1 Å². The van der Waals surface area contributed by atoms with Gasteiger partial charge >= 0.3 is 5.97 Å². The van der Waals surface area contributed by atoms with Crippen LogP contribution in [0.25, 0.3) is 0 Å². The van der Waals surface area contributed by atoms with Crippen LogP contribution in [0, 0.1) is 0 Å². The fourth-order valence-corrected chi connectivity index (χ4v) is 1.12. The van der Waals surface area contributed by atoms with Crippen LogP contribution in [0.1, 0.15) is 36.8 Å². The van der Waals surface area contributed by atoms with Gasteiger partial charge in [0.1, 0.15) is 11.2 Å². The van der Waals surface area contributed by atoms with Crippen LogP contribution in [-0.2, 0) is 4.74 Å². The summed E-state index contributed by atoms with van der Waals surface area (Å²) in [5.74, 6) is -0.689. The Bertz CT molecular complexity index is 497. The SMILES string of the molecule is CC(C)(C)OC(=O)c1ccc(/C=N\O)[nH]c1=O. The number of aromatic amines is 1. The van der Waals surface area contributed by atoms with Gasteiger partial charge in [-0.05, 0) is 32.9 Å². The molecule has 0 unspecified atom stereocenters. The van der Waals surface area contributed by atoms with Crippen LogP contribution in [0.4, 0.5) is 0 Å². The zero-order valence-electron chi connectivity index (χ0n) is 9.85. The number of oxime groups is 1. The van der Waals surface area contributed by atoms with E-state index in [2.05, 4.69) is 10.1 Å². The highest BCUT2D eigenvalue weighted by atomic mass is 16.6. The van der Waals surface area contributed by atoms with E-state index in [0.717, 1.165) is 6.21 Å². The molecule has 0 aliphatic carbocycles. The number of ether oxygens (including phenoxy) is 1. The summed E-state index contributed by atoms with van der Waals surface area (Å²) in [7, 11) is 0. The third-order valence-electron chi connectivity index (χ3n) is 1.75. The third-order valence-corrected chi connectivity index (χ3v) is 1.75. The lowest BCUT2D eigenvalue weighted by atomic mass is 10.2. The molecule has 1 aromatic rings. The zero-order chi connectivity index (χ0) is 13.1. The zero-order valence-corrected chi connectivity index (χ0v) is 9.85. The minimum Gasteiger partial charge on any atom is -0.456 e. The molecule has 0 aliphatic heterocycles. The minimum absolute atomic E-state index is 0.0879. The number of nitrogens with zero attached hydrogens (tertiary/aromatic N) is 1. The first kappa shape index (κ1) is 13.0. The molecule has 0 aliphatic rings. The quantitative estimate of drug-likeness (QED) is 0.350. The average molecular weight is 238 g/mol. The highest BCUT2D eigenvalue weighted by molar-refractivity contribution is 5.89. The summed E-state index contributed by atoms with van der Waals surface area (Å²) in [4.78, 5) is 25.5. The first-order chi connectivity index (χ1) is 7.83. The molecule has 0 aromatic carbocycles. The van der Waals surface area contributed by atoms with E-state index in [4.69, 9.17) is 9.94 Å². The van der Waals surface area contributed by atoms with Crippen LogP contribution in [0.15, 0.2) is 22.1 Å². The van der Waals surface area contributed by atoms with Gasteiger partial charge in [-0.1, -0.05) is 5.16 Å². The highest BCUT2D eigenvalue weighted by Crippen LogP contribution is 2.09. The maximum absolute atomic E-state index is 11.6. The Hall–Kier alpha value is -2.11. The van der Waals surface area contributed by atoms with Gasteiger partial charge in [0.05, 0.1) is 11.9 Å². The molecular formula is C11H14N2O4. The van der Waals surface area contributed by atoms with E-state index in [0.29, 0.717) is 5.69 Å². The number of rotatable bonds is 2. The second kappa shape index (κ2) is 4.82. The largest absolute Gasteiger partial charge is 0.456 e. The molecule has 0 radical (unpaired) electrons. The predicted molar refractivity (Wildman–Crippen MR) is 61.6 cm³/mol. The summed E-state index contributed by atoms with van der Waals surface area (Å²) in [6, 6.07) is 2.77. The molecule has 92 valence electrons. The molecular weight excluding hydrogens is 224 g/mol. The van der Waals surface area contributed by atoms with Gasteiger partial charge < -0.3 is 14.9 Å². The first-order valence-electron chi connectivity index (χ1n) is 4.97. The molecule has 6 heteroatoms. The van der Waals surface area contributed by atoms with Gasteiger partial charge in [-0.25, -0.2) is 4.79 Å². The van der Waals surface area contributed by atoms with Crippen molar-refractivity contribution < 1.29 is 14.7 Å². The number of H-pyrrole nitrogens is 1. The van der Waals surface area contributed by atoms with Crippen molar-refractivity contribution in [2.24, 2.45) is 5.16 Å². The maximum atomic E-state index is 11.6. The number of esters is 1. The van der Waals surface area contributed by atoms with Crippen LogP contribution in [0.3, 0.4) is 0 Å². The van der Waals surface area contributed by atoms with Crippen molar-refractivity contribution in [2.75, 3.05) is 0 Å². The van der Waals surface area contributed by atoms with Gasteiger partial charge in [0, 0.05) is 0 Å². The second-order valence-corrected chi connectivity index (χ2v) is 4.40. The molecule has 6 nitrogen and oxygen atoms in total. The molecule has 2 N–H and O–H groups in total. The number of aromatic nitrogens is 1. The van der Waals surface area contributed by atoms with E-state index in [1.807, 2.05) is 0 Å². The van der Waals surface area contributed by atoms with Crippen molar-refractivity contribution in [2.45, 2.75) is 26.4 Å². The molecule has 0 fully saturated rings.